The topological polar surface area (TPSA) is 107 Å². The third-order valence-corrected chi connectivity index (χ3v) is 2.84. The van der Waals surface area contributed by atoms with Gasteiger partial charge in [0.1, 0.15) is 17.7 Å². The summed E-state index contributed by atoms with van der Waals surface area (Å²) in [5.74, 6) is -0.984. The summed E-state index contributed by atoms with van der Waals surface area (Å²) in [5.41, 5.74) is 0.0778. The zero-order chi connectivity index (χ0) is 14.6. The number of carboxylic acids is 1. The van der Waals surface area contributed by atoms with Crippen molar-refractivity contribution >= 4 is 17.3 Å². The molecular weight excluding hydrogens is 250 g/mol. The first-order chi connectivity index (χ1) is 8.92. The molecule has 0 heterocycles. The number of nitriles is 1. The molecule has 0 aliphatic carbocycles. The first kappa shape index (κ1) is 14.4. The third kappa shape index (κ3) is 2.98. The van der Waals surface area contributed by atoms with E-state index in [-0.39, 0.29) is 11.3 Å². The fourth-order valence-electron chi connectivity index (χ4n) is 1.79. The Morgan fingerprint density at radius 3 is 2.68 bits per heavy atom. The second-order valence-corrected chi connectivity index (χ2v) is 3.94. The van der Waals surface area contributed by atoms with Gasteiger partial charge in [0.05, 0.1) is 4.92 Å². The highest BCUT2D eigenvalue weighted by Crippen LogP contribution is 2.25. The molecule has 1 aromatic rings. The molecule has 1 aromatic carbocycles. The van der Waals surface area contributed by atoms with E-state index in [0.29, 0.717) is 12.1 Å². The highest BCUT2D eigenvalue weighted by molar-refractivity contribution is 5.78. The molecule has 7 heteroatoms. The zero-order valence-corrected chi connectivity index (χ0v) is 10.5. The van der Waals surface area contributed by atoms with Gasteiger partial charge in [0, 0.05) is 18.8 Å². The number of rotatable bonds is 5. The van der Waals surface area contributed by atoms with Crippen molar-refractivity contribution in [3.8, 4) is 6.07 Å². The molecule has 0 aliphatic heterocycles. The van der Waals surface area contributed by atoms with Crippen LogP contribution in [-0.2, 0) is 4.79 Å². The summed E-state index contributed by atoms with van der Waals surface area (Å²) >= 11 is 0. The van der Waals surface area contributed by atoms with Crippen LogP contribution >= 0.6 is 0 Å². The van der Waals surface area contributed by atoms with Crippen molar-refractivity contribution in [2.45, 2.75) is 19.4 Å². The average molecular weight is 263 g/mol. The number of anilines is 1. The lowest BCUT2D eigenvalue weighted by atomic mass is 10.1. The molecule has 100 valence electrons. The number of hydrogen-bond acceptors (Lipinski definition) is 5. The number of hydrogen-bond donors (Lipinski definition) is 1. The summed E-state index contributed by atoms with van der Waals surface area (Å²) in [5, 5.41) is 28.7. The van der Waals surface area contributed by atoms with Crippen LogP contribution in [0.1, 0.15) is 18.9 Å². The van der Waals surface area contributed by atoms with E-state index in [4.69, 9.17) is 10.4 Å². The molecule has 19 heavy (non-hydrogen) atoms. The number of nitro benzene ring substituents is 1. The van der Waals surface area contributed by atoms with Crippen molar-refractivity contribution in [2.24, 2.45) is 0 Å². The Morgan fingerprint density at radius 1 is 1.63 bits per heavy atom. The van der Waals surface area contributed by atoms with E-state index < -0.39 is 16.9 Å². The van der Waals surface area contributed by atoms with E-state index in [2.05, 4.69) is 0 Å². The predicted molar refractivity (Wildman–Crippen MR) is 67.9 cm³/mol. The van der Waals surface area contributed by atoms with E-state index >= 15 is 0 Å². The maximum absolute atomic E-state index is 11.1. The van der Waals surface area contributed by atoms with Gasteiger partial charge in [-0.1, -0.05) is 6.92 Å². The van der Waals surface area contributed by atoms with Gasteiger partial charge in [0.25, 0.3) is 5.69 Å². The van der Waals surface area contributed by atoms with Crippen molar-refractivity contribution in [1.29, 1.82) is 5.26 Å². The highest BCUT2D eigenvalue weighted by atomic mass is 16.6. The minimum Gasteiger partial charge on any atom is -0.480 e. The molecule has 7 nitrogen and oxygen atoms in total. The lowest BCUT2D eigenvalue weighted by molar-refractivity contribution is -0.385. The molecule has 1 rings (SSSR count). The lowest BCUT2D eigenvalue weighted by Gasteiger charge is -2.25. The predicted octanol–water partition coefficient (Wildman–Crippen LogP) is 1.77. The van der Waals surface area contributed by atoms with Crippen molar-refractivity contribution in [3.05, 3.63) is 33.9 Å². The Hall–Kier alpha value is -2.62. The third-order valence-electron chi connectivity index (χ3n) is 2.84. The van der Waals surface area contributed by atoms with Crippen LogP contribution in [0.2, 0.25) is 0 Å². The van der Waals surface area contributed by atoms with Gasteiger partial charge in [-0.3, -0.25) is 10.1 Å². The summed E-state index contributed by atoms with van der Waals surface area (Å²) in [7, 11) is 1.57. The minimum atomic E-state index is -0.984. The molecule has 1 atom stereocenters. The van der Waals surface area contributed by atoms with Crippen LogP contribution in [0.3, 0.4) is 0 Å². The minimum absolute atomic E-state index is 0.0883. The molecule has 0 saturated carbocycles. The average Bonchev–Trinajstić information content (AvgIpc) is 2.37. The molecule has 0 saturated heterocycles. The molecule has 0 radical (unpaired) electrons. The number of nitrogens with zero attached hydrogens (tertiary/aromatic N) is 3. The van der Waals surface area contributed by atoms with Gasteiger partial charge in [0.15, 0.2) is 0 Å². The monoisotopic (exact) mass is 263 g/mol. The standard InChI is InChI=1S/C12H13N3O4/c1-3-10(12(16)17)14(2)9-4-5-11(15(18)19)8(6-9)7-13/h4-6,10H,3H2,1-2H3,(H,16,17). The number of carbonyl (C=O) groups is 1. The Balaban J connectivity index is 3.19. The first-order valence-corrected chi connectivity index (χ1v) is 5.56. The van der Waals surface area contributed by atoms with Gasteiger partial charge in [0.2, 0.25) is 0 Å². The lowest BCUT2D eigenvalue weighted by Crippen LogP contribution is -2.37. The second kappa shape index (κ2) is 5.82. The van der Waals surface area contributed by atoms with Crippen LogP contribution in [-0.4, -0.2) is 29.1 Å². The van der Waals surface area contributed by atoms with E-state index in [1.54, 1.807) is 20.0 Å². The van der Waals surface area contributed by atoms with Gasteiger partial charge < -0.3 is 10.0 Å². The van der Waals surface area contributed by atoms with Gasteiger partial charge in [-0.05, 0) is 18.6 Å². The number of aliphatic carboxylic acids is 1. The Labute approximate surface area is 109 Å². The molecule has 1 N–H and O–H groups in total. The van der Waals surface area contributed by atoms with Crippen LogP contribution < -0.4 is 4.90 Å². The maximum Gasteiger partial charge on any atom is 0.326 e. The Morgan fingerprint density at radius 2 is 2.26 bits per heavy atom. The molecule has 0 spiro atoms. The Bertz CT molecular complexity index is 550. The van der Waals surface area contributed by atoms with Crippen LogP contribution in [0, 0.1) is 21.4 Å². The maximum atomic E-state index is 11.1. The van der Waals surface area contributed by atoms with Gasteiger partial charge in [-0.2, -0.15) is 5.26 Å². The normalized spacial score (nSPS) is 11.4. The molecule has 0 aliphatic rings. The fourth-order valence-corrected chi connectivity index (χ4v) is 1.79. The summed E-state index contributed by atoms with van der Waals surface area (Å²) in [4.78, 5) is 22.6. The molecular formula is C12H13N3O4. The fraction of sp³-hybridized carbons (Fsp3) is 0.333. The smallest absolute Gasteiger partial charge is 0.326 e. The van der Waals surface area contributed by atoms with Crippen LogP contribution in [0.5, 0.6) is 0 Å². The van der Waals surface area contributed by atoms with E-state index in [9.17, 15) is 14.9 Å². The number of nitro groups is 1. The van der Waals surface area contributed by atoms with Gasteiger partial charge in [-0.25, -0.2) is 4.79 Å². The van der Waals surface area contributed by atoms with Crippen LogP contribution in [0.4, 0.5) is 11.4 Å². The number of likely N-dealkylation sites (N-methyl/N-ethyl adjacent to an activating group) is 1. The second-order valence-electron chi connectivity index (χ2n) is 3.94. The van der Waals surface area contributed by atoms with Crippen molar-refractivity contribution < 1.29 is 14.8 Å². The van der Waals surface area contributed by atoms with Crippen molar-refractivity contribution in [2.75, 3.05) is 11.9 Å². The van der Waals surface area contributed by atoms with E-state index in [0.717, 1.165) is 0 Å². The molecule has 0 fully saturated rings. The molecule has 0 amide bonds. The van der Waals surface area contributed by atoms with E-state index in [1.807, 2.05) is 0 Å². The molecule has 1 unspecified atom stereocenters. The van der Waals surface area contributed by atoms with Gasteiger partial charge in [-0.15, -0.1) is 0 Å². The quantitative estimate of drug-likeness (QED) is 0.640. The zero-order valence-electron chi connectivity index (χ0n) is 10.5. The van der Waals surface area contributed by atoms with Gasteiger partial charge >= 0.3 is 5.97 Å². The largest absolute Gasteiger partial charge is 0.480 e. The first-order valence-electron chi connectivity index (χ1n) is 5.56. The highest BCUT2D eigenvalue weighted by Gasteiger charge is 2.22. The molecule has 0 aromatic heterocycles. The summed E-state index contributed by atoms with van der Waals surface area (Å²) < 4.78 is 0. The summed E-state index contributed by atoms with van der Waals surface area (Å²) in [6.07, 6.45) is 0.380. The van der Waals surface area contributed by atoms with E-state index in [1.165, 1.54) is 23.1 Å². The molecule has 0 bridgehead atoms. The van der Waals surface area contributed by atoms with Crippen LogP contribution in [0.15, 0.2) is 18.2 Å². The summed E-state index contributed by atoms with van der Waals surface area (Å²) in [6, 6.07) is 4.97. The van der Waals surface area contributed by atoms with Crippen molar-refractivity contribution in [1.82, 2.24) is 0 Å². The Kier molecular flexibility index (Phi) is 4.42. The SMILES string of the molecule is CCC(C(=O)O)N(C)c1ccc([N+](=O)[O-])c(C#N)c1. The van der Waals surface area contributed by atoms with Crippen molar-refractivity contribution in [3.63, 3.8) is 0 Å². The van der Waals surface area contributed by atoms with Crippen LogP contribution in [0.25, 0.3) is 0 Å². The number of carboxylic acid groups (broad SMARTS) is 1. The summed E-state index contributed by atoms with van der Waals surface area (Å²) in [6.45, 7) is 1.73. The number of benzene rings is 1.